The summed E-state index contributed by atoms with van der Waals surface area (Å²) in [6.07, 6.45) is 0. The summed E-state index contributed by atoms with van der Waals surface area (Å²) in [5.41, 5.74) is 0.895. The van der Waals surface area contributed by atoms with E-state index in [4.69, 9.17) is 8.83 Å². The molecule has 4 aromatic rings. The lowest BCUT2D eigenvalue weighted by Gasteiger charge is -1.91. The summed E-state index contributed by atoms with van der Waals surface area (Å²) in [5, 5.41) is 17.7. The van der Waals surface area contributed by atoms with Gasteiger partial charge in [-0.3, -0.25) is 0 Å². The normalized spacial score (nSPS) is 11.3. The van der Waals surface area contributed by atoms with Crippen LogP contribution in [0.5, 0.6) is 0 Å². The van der Waals surface area contributed by atoms with E-state index >= 15 is 0 Å². The lowest BCUT2D eigenvalue weighted by molar-refractivity contribution is 0.465. The molecule has 0 atom stereocenters. The highest BCUT2D eigenvalue weighted by Gasteiger charge is 2.16. The summed E-state index contributed by atoms with van der Waals surface area (Å²) in [6, 6.07) is 3.88. The lowest BCUT2D eigenvalue weighted by Crippen LogP contribution is -1.80. The highest BCUT2D eigenvalue weighted by Crippen LogP contribution is 2.33. The molecule has 0 saturated heterocycles. The van der Waals surface area contributed by atoms with E-state index in [1.54, 1.807) is 11.3 Å². The molecule has 128 valence electrons. The molecule has 0 spiro atoms. The predicted octanol–water partition coefficient (Wildman–Crippen LogP) is 4.98. The first-order valence-electron chi connectivity index (χ1n) is 7.07. The Kier molecular flexibility index (Phi) is 4.71. The topological polar surface area (TPSA) is 90.7 Å². The Balaban J connectivity index is 1.44. The summed E-state index contributed by atoms with van der Waals surface area (Å²) in [5.74, 6) is 1.96. The van der Waals surface area contributed by atoms with Crippen LogP contribution in [0.25, 0.3) is 21.5 Å². The van der Waals surface area contributed by atoms with Crippen LogP contribution >= 0.6 is 50.4 Å². The van der Waals surface area contributed by atoms with E-state index in [0.29, 0.717) is 28.6 Å². The Hall–Kier alpha value is -1.56. The highest BCUT2D eigenvalue weighted by molar-refractivity contribution is 9.11. The van der Waals surface area contributed by atoms with Gasteiger partial charge < -0.3 is 8.83 Å². The molecular formula is C14H10BrN5O2S3. The molecule has 0 aliphatic carbocycles. The summed E-state index contributed by atoms with van der Waals surface area (Å²) < 4.78 is 12.4. The number of halogens is 1. The van der Waals surface area contributed by atoms with Crippen LogP contribution in [0, 0.1) is 13.8 Å². The zero-order chi connectivity index (χ0) is 17.4. The molecule has 4 heterocycles. The Morgan fingerprint density at radius 2 is 1.88 bits per heavy atom. The maximum Gasteiger partial charge on any atom is 0.277 e. The quantitative estimate of drug-likeness (QED) is 0.389. The van der Waals surface area contributed by atoms with Crippen molar-refractivity contribution in [2.75, 3.05) is 0 Å². The van der Waals surface area contributed by atoms with Gasteiger partial charge in [0.2, 0.25) is 5.89 Å². The van der Waals surface area contributed by atoms with Gasteiger partial charge in [-0.25, -0.2) is 4.98 Å². The predicted molar refractivity (Wildman–Crippen MR) is 99.8 cm³/mol. The van der Waals surface area contributed by atoms with E-state index < -0.39 is 0 Å². The molecule has 4 rings (SSSR count). The van der Waals surface area contributed by atoms with Crippen LogP contribution in [0.3, 0.4) is 0 Å². The number of hydrogen-bond donors (Lipinski definition) is 0. The molecule has 0 radical (unpaired) electrons. The standard InChI is InChI=1S/C14H10BrN5O2S3/c1-6-11(24-7(2)16-6)13-19-20-14(22-13)23-5-10-17-18-12(21-10)8-3-4-9(15)25-8/h3-4H,5H2,1-2H3. The molecule has 25 heavy (non-hydrogen) atoms. The number of rotatable bonds is 5. The third-order valence-electron chi connectivity index (χ3n) is 3.07. The lowest BCUT2D eigenvalue weighted by atomic mass is 10.4. The van der Waals surface area contributed by atoms with E-state index in [1.807, 2.05) is 26.0 Å². The van der Waals surface area contributed by atoms with Crippen molar-refractivity contribution in [2.45, 2.75) is 24.8 Å². The second kappa shape index (κ2) is 6.98. The minimum absolute atomic E-state index is 0.457. The molecule has 0 unspecified atom stereocenters. The Morgan fingerprint density at radius 1 is 1.04 bits per heavy atom. The van der Waals surface area contributed by atoms with Gasteiger partial charge in [0.15, 0.2) is 0 Å². The fraction of sp³-hybridized carbons (Fsp3) is 0.214. The molecular weight excluding hydrogens is 446 g/mol. The van der Waals surface area contributed by atoms with Crippen LogP contribution in [0.2, 0.25) is 0 Å². The van der Waals surface area contributed by atoms with Gasteiger partial charge in [-0.1, -0.05) is 11.8 Å². The number of hydrogen-bond acceptors (Lipinski definition) is 10. The van der Waals surface area contributed by atoms with Crippen LogP contribution < -0.4 is 0 Å². The van der Waals surface area contributed by atoms with Gasteiger partial charge in [0.05, 0.1) is 25.1 Å². The molecule has 0 fully saturated rings. The summed E-state index contributed by atoms with van der Waals surface area (Å²) >= 11 is 7.86. The first-order valence-corrected chi connectivity index (χ1v) is 10.5. The van der Waals surface area contributed by atoms with Gasteiger partial charge in [0.25, 0.3) is 17.0 Å². The fourth-order valence-corrected chi connectivity index (χ4v) is 4.80. The van der Waals surface area contributed by atoms with E-state index in [9.17, 15) is 0 Å². The summed E-state index contributed by atoms with van der Waals surface area (Å²) in [6.45, 7) is 3.88. The van der Waals surface area contributed by atoms with Crippen molar-refractivity contribution in [3.63, 3.8) is 0 Å². The molecule has 0 saturated carbocycles. The number of thiazole rings is 1. The number of thioether (sulfide) groups is 1. The maximum atomic E-state index is 5.70. The van der Waals surface area contributed by atoms with Crippen molar-refractivity contribution in [3.8, 4) is 21.5 Å². The van der Waals surface area contributed by atoms with Gasteiger partial charge in [0, 0.05) is 0 Å². The molecule has 0 N–H and O–H groups in total. The zero-order valence-electron chi connectivity index (χ0n) is 13.0. The molecule has 0 aromatic carbocycles. The zero-order valence-corrected chi connectivity index (χ0v) is 17.1. The van der Waals surface area contributed by atoms with Crippen molar-refractivity contribution in [1.82, 2.24) is 25.4 Å². The van der Waals surface area contributed by atoms with Crippen LogP contribution in [0.1, 0.15) is 16.6 Å². The van der Waals surface area contributed by atoms with E-state index in [1.165, 1.54) is 23.1 Å². The van der Waals surface area contributed by atoms with Crippen LogP contribution in [-0.4, -0.2) is 25.4 Å². The van der Waals surface area contributed by atoms with E-state index in [2.05, 4.69) is 41.3 Å². The minimum Gasteiger partial charge on any atom is -0.419 e. The highest BCUT2D eigenvalue weighted by atomic mass is 79.9. The number of thiophene rings is 1. The number of aryl methyl sites for hydroxylation is 2. The maximum absolute atomic E-state index is 5.70. The Labute approximate surface area is 163 Å². The number of nitrogens with zero attached hydrogens (tertiary/aromatic N) is 5. The molecule has 4 aromatic heterocycles. The molecule has 7 nitrogen and oxygen atoms in total. The van der Waals surface area contributed by atoms with E-state index in [-0.39, 0.29) is 0 Å². The van der Waals surface area contributed by atoms with Crippen molar-refractivity contribution < 1.29 is 8.83 Å². The average Bonchev–Trinajstić information content (AvgIpc) is 3.33. The second-order valence-electron chi connectivity index (χ2n) is 4.91. The molecule has 0 aliphatic heterocycles. The van der Waals surface area contributed by atoms with Crippen LogP contribution in [0.15, 0.2) is 30.0 Å². The smallest absolute Gasteiger partial charge is 0.277 e. The van der Waals surface area contributed by atoms with Crippen LogP contribution in [-0.2, 0) is 5.75 Å². The molecule has 11 heteroatoms. The monoisotopic (exact) mass is 455 g/mol. The second-order valence-corrected chi connectivity index (χ2v) is 9.51. The van der Waals surface area contributed by atoms with Crippen molar-refractivity contribution in [3.05, 3.63) is 32.5 Å². The first-order chi connectivity index (χ1) is 12.1. The SMILES string of the molecule is Cc1nc(C)c(-c2nnc(SCc3nnc(-c4ccc(Br)s4)o3)o2)s1. The summed E-state index contributed by atoms with van der Waals surface area (Å²) in [7, 11) is 0. The third-order valence-corrected chi connectivity index (χ3v) is 6.55. The minimum atomic E-state index is 0.457. The average molecular weight is 456 g/mol. The van der Waals surface area contributed by atoms with Gasteiger partial charge in [-0.15, -0.1) is 43.1 Å². The van der Waals surface area contributed by atoms with Crippen molar-refractivity contribution in [1.29, 1.82) is 0 Å². The first kappa shape index (κ1) is 16.9. The van der Waals surface area contributed by atoms with Gasteiger partial charge >= 0.3 is 0 Å². The van der Waals surface area contributed by atoms with Gasteiger partial charge in [-0.05, 0) is 41.9 Å². The molecule has 0 aliphatic rings. The largest absolute Gasteiger partial charge is 0.419 e. The summed E-state index contributed by atoms with van der Waals surface area (Å²) in [4.78, 5) is 6.20. The fourth-order valence-electron chi connectivity index (χ4n) is 2.05. The van der Waals surface area contributed by atoms with Crippen molar-refractivity contribution >= 4 is 50.4 Å². The van der Waals surface area contributed by atoms with Gasteiger partial charge in [-0.2, -0.15) is 0 Å². The Morgan fingerprint density at radius 3 is 2.60 bits per heavy atom. The Bertz CT molecular complexity index is 1020. The molecule has 0 amide bonds. The van der Waals surface area contributed by atoms with Crippen LogP contribution in [0.4, 0.5) is 0 Å². The number of aromatic nitrogens is 5. The van der Waals surface area contributed by atoms with Gasteiger partial charge in [0.1, 0.15) is 4.88 Å². The van der Waals surface area contributed by atoms with Crippen molar-refractivity contribution in [2.24, 2.45) is 0 Å². The molecule has 0 bridgehead atoms. The third kappa shape index (κ3) is 3.68. The van der Waals surface area contributed by atoms with E-state index in [0.717, 1.165) is 24.2 Å².